The van der Waals surface area contributed by atoms with Crippen molar-refractivity contribution < 1.29 is 9.53 Å². The molecule has 0 radical (unpaired) electrons. The van der Waals surface area contributed by atoms with E-state index < -0.39 is 12.0 Å². The van der Waals surface area contributed by atoms with Gasteiger partial charge in [-0.05, 0) is 17.7 Å². The van der Waals surface area contributed by atoms with Crippen LogP contribution in [0.1, 0.15) is 11.6 Å². The Kier molecular flexibility index (Phi) is 4.84. The van der Waals surface area contributed by atoms with Gasteiger partial charge in [-0.25, -0.2) is 4.79 Å². The van der Waals surface area contributed by atoms with Crippen molar-refractivity contribution in [2.45, 2.75) is 6.04 Å². The van der Waals surface area contributed by atoms with E-state index in [1.54, 1.807) is 24.3 Å². The van der Waals surface area contributed by atoms with Crippen molar-refractivity contribution in [2.75, 3.05) is 13.7 Å². The molecule has 1 atom stereocenters. The molecule has 0 aliphatic heterocycles. The van der Waals surface area contributed by atoms with Crippen LogP contribution in [0, 0.1) is 12.3 Å². The SMILES string of the molecule is C#CCNC(C(=O)OC)c1cccc(Cl)c1. The van der Waals surface area contributed by atoms with Gasteiger partial charge in [0.15, 0.2) is 0 Å². The molecule has 0 saturated carbocycles. The number of carbonyl (C=O) groups excluding carboxylic acids is 1. The monoisotopic (exact) mass is 237 g/mol. The van der Waals surface area contributed by atoms with E-state index in [1.165, 1.54) is 7.11 Å². The second kappa shape index (κ2) is 6.16. The van der Waals surface area contributed by atoms with Crippen molar-refractivity contribution in [3.05, 3.63) is 34.9 Å². The van der Waals surface area contributed by atoms with Crippen LogP contribution >= 0.6 is 11.6 Å². The molecule has 0 aliphatic carbocycles. The van der Waals surface area contributed by atoms with Gasteiger partial charge in [0.25, 0.3) is 0 Å². The first-order valence-corrected chi connectivity index (χ1v) is 5.07. The van der Waals surface area contributed by atoms with Crippen molar-refractivity contribution in [3.63, 3.8) is 0 Å². The number of hydrogen-bond acceptors (Lipinski definition) is 3. The Morgan fingerprint density at radius 2 is 2.44 bits per heavy atom. The zero-order valence-electron chi connectivity index (χ0n) is 8.87. The van der Waals surface area contributed by atoms with Gasteiger partial charge < -0.3 is 4.74 Å². The molecule has 0 heterocycles. The molecule has 1 N–H and O–H groups in total. The van der Waals surface area contributed by atoms with Gasteiger partial charge in [-0.3, -0.25) is 5.32 Å². The number of halogens is 1. The molecule has 0 aromatic heterocycles. The second-order valence-corrected chi connectivity index (χ2v) is 3.53. The average Bonchev–Trinajstić information content (AvgIpc) is 2.29. The molecule has 4 heteroatoms. The lowest BCUT2D eigenvalue weighted by Crippen LogP contribution is -2.29. The normalized spacial score (nSPS) is 11.6. The second-order valence-electron chi connectivity index (χ2n) is 3.10. The van der Waals surface area contributed by atoms with Crippen molar-refractivity contribution >= 4 is 17.6 Å². The number of carbonyl (C=O) groups is 1. The summed E-state index contributed by atoms with van der Waals surface area (Å²) in [5, 5.41) is 3.46. The minimum absolute atomic E-state index is 0.284. The summed E-state index contributed by atoms with van der Waals surface area (Å²) in [7, 11) is 1.33. The summed E-state index contributed by atoms with van der Waals surface area (Å²) in [5.41, 5.74) is 0.731. The summed E-state index contributed by atoms with van der Waals surface area (Å²) in [6, 6.07) is 6.41. The van der Waals surface area contributed by atoms with Gasteiger partial charge in [0.2, 0.25) is 0 Å². The molecular formula is C12H12ClNO2. The van der Waals surface area contributed by atoms with Gasteiger partial charge in [-0.2, -0.15) is 0 Å². The Hall–Kier alpha value is -1.50. The average molecular weight is 238 g/mol. The number of terminal acetylenes is 1. The molecule has 0 fully saturated rings. The standard InChI is InChI=1S/C12H12ClNO2/c1-3-7-14-11(12(15)16-2)9-5-4-6-10(13)8-9/h1,4-6,8,11,14H,7H2,2H3. The van der Waals surface area contributed by atoms with Crippen molar-refractivity contribution in [1.29, 1.82) is 0 Å². The van der Waals surface area contributed by atoms with Crippen LogP contribution in [0.2, 0.25) is 5.02 Å². The maximum atomic E-state index is 11.5. The van der Waals surface area contributed by atoms with E-state index >= 15 is 0 Å². The molecule has 0 bridgehead atoms. The predicted molar refractivity (Wildman–Crippen MR) is 63.0 cm³/mol. The van der Waals surface area contributed by atoms with E-state index in [9.17, 15) is 4.79 Å². The number of nitrogens with one attached hydrogen (secondary N) is 1. The van der Waals surface area contributed by atoms with E-state index in [-0.39, 0.29) is 6.54 Å². The maximum absolute atomic E-state index is 11.5. The molecule has 0 saturated heterocycles. The lowest BCUT2D eigenvalue weighted by Gasteiger charge is -2.15. The molecule has 3 nitrogen and oxygen atoms in total. The Morgan fingerprint density at radius 3 is 3.00 bits per heavy atom. The largest absolute Gasteiger partial charge is 0.468 e. The molecule has 0 aliphatic rings. The Bertz CT molecular complexity index is 412. The van der Waals surface area contributed by atoms with E-state index in [2.05, 4.69) is 11.2 Å². The first-order valence-electron chi connectivity index (χ1n) is 4.69. The quantitative estimate of drug-likeness (QED) is 0.641. The molecule has 1 aromatic rings. The van der Waals surface area contributed by atoms with Gasteiger partial charge in [0.05, 0.1) is 13.7 Å². The number of methoxy groups -OCH3 is 1. The fourth-order valence-corrected chi connectivity index (χ4v) is 1.50. The number of ether oxygens (including phenoxy) is 1. The van der Waals surface area contributed by atoms with Crippen LogP contribution in [0.4, 0.5) is 0 Å². The molecule has 1 unspecified atom stereocenters. The van der Waals surface area contributed by atoms with Gasteiger partial charge in [-0.15, -0.1) is 6.42 Å². The smallest absolute Gasteiger partial charge is 0.327 e. The van der Waals surface area contributed by atoms with Crippen LogP contribution in [-0.2, 0) is 9.53 Å². The highest BCUT2D eigenvalue weighted by Crippen LogP contribution is 2.18. The molecule has 1 aromatic carbocycles. The van der Waals surface area contributed by atoms with Crippen LogP contribution in [0.5, 0.6) is 0 Å². The summed E-state index contributed by atoms with van der Waals surface area (Å²) in [6.07, 6.45) is 5.14. The maximum Gasteiger partial charge on any atom is 0.327 e. The van der Waals surface area contributed by atoms with Crippen molar-refractivity contribution in [3.8, 4) is 12.3 Å². The molecule has 0 spiro atoms. The number of hydrogen-bond donors (Lipinski definition) is 1. The van der Waals surface area contributed by atoms with E-state index in [4.69, 9.17) is 22.8 Å². The highest BCUT2D eigenvalue weighted by atomic mass is 35.5. The van der Waals surface area contributed by atoms with Gasteiger partial charge in [0.1, 0.15) is 6.04 Å². The van der Waals surface area contributed by atoms with Crippen LogP contribution in [-0.4, -0.2) is 19.6 Å². The van der Waals surface area contributed by atoms with Crippen LogP contribution in [0.15, 0.2) is 24.3 Å². The third-order valence-corrected chi connectivity index (χ3v) is 2.26. The molecular weight excluding hydrogens is 226 g/mol. The zero-order valence-corrected chi connectivity index (χ0v) is 9.62. The third-order valence-electron chi connectivity index (χ3n) is 2.03. The fraction of sp³-hybridized carbons (Fsp3) is 0.250. The predicted octanol–water partition coefficient (Wildman–Crippen LogP) is 1.78. The summed E-state index contributed by atoms with van der Waals surface area (Å²) in [5.74, 6) is 2.02. The zero-order chi connectivity index (χ0) is 12.0. The van der Waals surface area contributed by atoms with Crippen molar-refractivity contribution in [2.24, 2.45) is 0 Å². The number of rotatable bonds is 4. The van der Waals surface area contributed by atoms with Gasteiger partial charge in [0, 0.05) is 5.02 Å². The lowest BCUT2D eigenvalue weighted by atomic mass is 10.1. The minimum atomic E-state index is -0.584. The highest BCUT2D eigenvalue weighted by molar-refractivity contribution is 6.30. The summed E-state index contributed by atoms with van der Waals surface area (Å²) in [6.45, 7) is 0.284. The molecule has 0 amide bonds. The first-order chi connectivity index (χ1) is 7.69. The van der Waals surface area contributed by atoms with E-state index in [1.807, 2.05) is 0 Å². The topological polar surface area (TPSA) is 38.3 Å². The lowest BCUT2D eigenvalue weighted by molar-refractivity contribution is -0.143. The highest BCUT2D eigenvalue weighted by Gasteiger charge is 2.20. The number of benzene rings is 1. The van der Waals surface area contributed by atoms with Gasteiger partial charge in [-0.1, -0.05) is 29.7 Å². The van der Waals surface area contributed by atoms with Gasteiger partial charge >= 0.3 is 5.97 Å². The molecule has 84 valence electrons. The van der Waals surface area contributed by atoms with Crippen LogP contribution in [0.3, 0.4) is 0 Å². The molecule has 16 heavy (non-hydrogen) atoms. The van der Waals surface area contributed by atoms with E-state index in [0.29, 0.717) is 5.02 Å². The summed E-state index contributed by atoms with van der Waals surface area (Å²) < 4.78 is 4.69. The molecule has 1 rings (SSSR count). The number of esters is 1. The van der Waals surface area contributed by atoms with Crippen molar-refractivity contribution in [1.82, 2.24) is 5.32 Å². The summed E-state index contributed by atoms with van der Waals surface area (Å²) in [4.78, 5) is 11.5. The minimum Gasteiger partial charge on any atom is -0.468 e. The Morgan fingerprint density at radius 1 is 1.69 bits per heavy atom. The Balaban J connectivity index is 2.92. The Labute approximate surface area is 99.7 Å². The van der Waals surface area contributed by atoms with Crippen LogP contribution in [0.25, 0.3) is 0 Å². The van der Waals surface area contributed by atoms with Crippen LogP contribution < -0.4 is 5.32 Å². The fourth-order valence-electron chi connectivity index (χ4n) is 1.30. The van der Waals surface area contributed by atoms with E-state index in [0.717, 1.165) is 5.56 Å². The first kappa shape index (κ1) is 12.6. The third kappa shape index (κ3) is 3.27. The summed E-state index contributed by atoms with van der Waals surface area (Å²) >= 11 is 5.85.